The Morgan fingerprint density at radius 2 is 1.45 bits per heavy atom. The summed E-state index contributed by atoms with van der Waals surface area (Å²) in [5.74, 6) is 0.385. The number of benzene rings is 3. The molecule has 0 saturated carbocycles. The fourth-order valence-electron chi connectivity index (χ4n) is 5.74. The molecule has 0 fully saturated rings. The molecule has 192 valence electrons. The van der Waals surface area contributed by atoms with Crippen molar-refractivity contribution in [2.24, 2.45) is 0 Å². The minimum absolute atomic E-state index is 0.0776. The number of amides is 1. The molecular weight excluding hydrogens is 466 g/mol. The number of hydrogen-bond acceptors (Lipinski definition) is 1. The van der Waals surface area contributed by atoms with Crippen molar-refractivity contribution in [1.82, 2.24) is 8.97 Å². The Morgan fingerprint density at radius 3 is 2.11 bits per heavy atom. The fourth-order valence-corrected chi connectivity index (χ4v) is 5.74. The third-order valence-electron chi connectivity index (χ3n) is 7.87. The lowest BCUT2D eigenvalue weighted by molar-refractivity contribution is 0.102. The number of imidazole rings is 1. The van der Waals surface area contributed by atoms with Crippen molar-refractivity contribution >= 4 is 17.2 Å². The zero-order chi connectivity index (χ0) is 26.4. The predicted octanol–water partition coefficient (Wildman–Crippen LogP) is 8.40. The third-order valence-corrected chi connectivity index (χ3v) is 7.87. The molecule has 4 heteroatoms. The number of carbonyl (C=O) groups is 1. The molecular formula is C34H35N3O. The van der Waals surface area contributed by atoms with Gasteiger partial charge in [-0.3, -0.25) is 9.20 Å². The Bertz CT molecular complexity index is 1620. The largest absolute Gasteiger partial charge is 0.325 e. The highest BCUT2D eigenvalue weighted by Gasteiger charge is 2.29. The van der Waals surface area contributed by atoms with Crippen LogP contribution >= 0.6 is 0 Å². The van der Waals surface area contributed by atoms with E-state index in [-0.39, 0.29) is 5.91 Å². The van der Waals surface area contributed by atoms with E-state index in [9.17, 15) is 4.79 Å². The van der Waals surface area contributed by atoms with Crippen LogP contribution in [0.5, 0.6) is 0 Å². The number of aromatic nitrogens is 2. The highest BCUT2D eigenvalue weighted by Crippen LogP contribution is 2.40. The van der Waals surface area contributed by atoms with Crippen molar-refractivity contribution in [3.8, 4) is 22.4 Å². The monoisotopic (exact) mass is 501 g/mol. The van der Waals surface area contributed by atoms with Crippen LogP contribution in [0.15, 0.2) is 79.0 Å². The normalized spacial score (nSPS) is 13.2. The van der Waals surface area contributed by atoms with E-state index in [4.69, 9.17) is 0 Å². The molecule has 3 heterocycles. The Morgan fingerprint density at radius 1 is 0.816 bits per heavy atom. The second-order valence-corrected chi connectivity index (χ2v) is 11.0. The molecule has 1 amide bonds. The molecule has 1 N–H and O–H groups in total. The minimum atomic E-state index is -0.0776. The van der Waals surface area contributed by atoms with Gasteiger partial charge in [0.15, 0.2) is 0 Å². The molecule has 38 heavy (non-hydrogen) atoms. The van der Waals surface area contributed by atoms with Crippen molar-refractivity contribution in [1.29, 1.82) is 0 Å². The summed E-state index contributed by atoms with van der Waals surface area (Å²) in [5.41, 5.74) is 12.2. The molecule has 0 atom stereocenters. The van der Waals surface area contributed by atoms with E-state index in [1.165, 1.54) is 27.8 Å². The first-order chi connectivity index (χ1) is 18.4. The smallest absolute Gasteiger partial charge is 0.273 e. The topological polar surface area (TPSA) is 38.4 Å². The summed E-state index contributed by atoms with van der Waals surface area (Å²) in [5, 5.41) is 3.20. The maximum atomic E-state index is 14.1. The molecule has 5 aromatic rings. The predicted molar refractivity (Wildman–Crippen MR) is 157 cm³/mol. The third kappa shape index (κ3) is 4.24. The van der Waals surface area contributed by atoms with Crippen molar-refractivity contribution in [3.05, 3.63) is 107 Å². The molecule has 0 spiro atoms. The molecule has 3 aromatic carbocycles. The van der Waals surface area contributed by atoms with Gasteiger partial charge < -0.3 is 9.88 Å². The van der Waals surface area contributed by atoms with E-state index < -0.39 is 0 Å². The van der Waals surface area contributed by atoms with Gasteiger partial charge in [-0.1, -0.05) is 85.6 Å². The SMILES string of the molecule is Cc1ccc(NC(=O)c2c(-c3ccc(C(C)C)cc3)c3c4n(c(-c5ccc(C)cc5)cn24)CCCC3)cc1. The number of nitrogens with one attached hydrogen (secondary N) is 1. The van der Waals surface area contributed by atoms with Crippen LogP contribution in [0.3, 0.4) is 0 Å². The van der Waals surface area contributed by atoms with E-state index in [1.54, 1.807) is 0 Å². The van der Waals surface area contributed by atoms with Crippen molar-refractivity contribution in [3.63, 3.8) is 0 Å². The van der Waals surface area contributed by atoms with Crippen LogP contribution in [-0.4, -0.2) is 14.9 Å². The van der Waals surface area contributed by atoms with Crippen molar-refractivity contribution in [2.45, 2.75) is 59.4 Å². The highest BCUT2D eigenvalue weighted by atomic mass is 16.1. The second-order valence-electron chi connectivity index (χ2n) is 11.0. The van der Waals surface area contributed by atoms with E-state index in [2.05, 4.69) is 96.7 Å². The van der Waals surface area contributed by atoms with E-state index in [0.29, 0.717) is 11.6 Å². The number of aryl methyl sites for hydroxylation is 4. The number of nitrogens with zero attached hydrogens (tertiary/aromatic N) is 2. The van der Waals surface area contributed by atoms with Gasteiger partial charge in [0.1, 0.15) is 11.3 Å². The molecule has 1 aliphatic heterocycles. The molecule has 0 aliphatic carbocycles. The standard InChI is InChI=1S/C34H35N3O/c1-22(2)25-14-16-27(17-15-25)31-29-7-5-6-20-36-30(26-12-8-23(3)9-13-26)21-37(34(29)36)32(31)33(38)35-28-18-10-24(4)11-19-28/h8-19,21-22H,5-7,20H2,1-4H3,(H,35,38). The van der Waals surface area contributed by atoms with Gasteiger partial charge in [0.25, 0.3) is 5.91 Å². The van der Waals surface area contributed by atoms with Crippen LogP contribution in [0.1, 0.15) is 65.3 Å². The van der Waals surface area contributed by atoms with Crippen LogP contribution in [0.4, 0.5) is 5.69 Å². The van der Waals surface area contributed by atoms with E-state index in [1.807, 2.05) is 24.3 Å². The van der Waals surface area contributed by atoms with Crippen LogP contribution in [0.2, 0.25) is 0 Å². The Hall–Kier alpha value is -4.05. The van der Waals surface area contributed by atoms with Crippen LogP contribution < -0.4 is 5.32 Å². The van der Waals surface area contributed by atoms with Gasteiger partial charge in [-0.15, -0.1) is 0 Å². The number of carbonyl (C=O) groups excluding carboxylic acids is 1. The molecule has 0 saturated heterocycles. The number of rotatable bonds is 5. The summed E-state index contributed by atoms with van der Waals surface area (Å²) in [7, 11) is 0. The summed E-state index contributed by atoms with van der Waals surface area (Å²) in [6, 6.07) is 25.5. The molecule has 0 bridgehead atoms. The van der Waals surface area contributed by atoms with Gasteiger partial charge >= 0.3 is 0 Å². The maximum absolute atomic E-state index is 14.1. The van der Waals surface area contributed by atoms with Gasteiger partial charge in [-0.2, -0.15) is 0 Å². The molecule has 4 nitrogen and oxygen atoms in total. The maximum Gasteiger partial charge on any atom is 0.273 e. The molecule has 6 rings (SSSR count). The molecule has 2 aromatic heterocycles. The first-order valence-electron chi connectivity index (χ1n) is 13.7. The first kappa shape index (κ1) is 24.3. The van der Waals surface area contributed by atoms with E-state index in [0.717, 1.165) is 54.0 Å². The summed E-state index contributed by atoms with van der Waals surface area (Å²) in [6.45, 7) is 9.55. The second kappa shape index (κ2) is 9.68. The molecule has 1 aliphatic rings. The van der Waals surface area contributed by atoms with E-state index >= 15 is 0 Å². The zero-order valence-corrected chi connectivity index (χ0v) is 22.7. The Kier molecular flexibility index (Phi) is 6.19. The number of hydrogen-bond donors (Lipinski definition) is 1. The highest BCUT2D eigenvalue weighted by molar-refractivity contribution is 6.10. The summed E-state index contributed by atoms with van der Waals surface area (Å²) >= 11 is 0. The average molecular weight is 502 g/mol. The average Bonchev–Trinajstić information content (AvgIpc) is 3.33. The first-order valence-corrected chi connectivity index (χ1v) is 13.7. The van der Waals surface area contributed by atoms with Gasteiger partial charge in [-0.25, -0.2) is 0 Å². The Balaban J connectivity index is 1.58. The zero-order valence-electron chi connectivity index (χ0n) is 22.7. The quantitative estimate of drug-likeness (QED) is 0.258. The van der Waals surface area contributed by atoms with Gasteiger partial charge in [0.05, 0.1) is 5.69 Å². The van der Waals surface area contributed by atoms with Crippen molar-refractivity contribution in [2.75, 3.05) is 5.32 Å². The van der Waals surface area contributed by atoms with Crippen LogP contribution in [0, 0.1) is 13.8 Å². The fraction of sp³-hybridized carbons (Fsp3) is 0.265. The summed E-state index contributed by atoms with van der Waals surface area (Å²) in [6.07, 6.45) is 5.35. The van der Waals surface area contributed by atoms with Crippen LogP contribution in [-0.2, 0) is 13.0 Å². The number of anilines is 1. The lowest BCUT2D eigenvalue weighted by Crippen LogP contribution is -2.15. The van der Waals surface area contributed by atoms with Gasteiger partial charge in [0, 0.05) is 29.6 Å². The summed E-state index contributed by atoms with van der Waals surface area (Å²) in [4.78, 5) is 14.1. The van der Waals surface area contributed by atoms with Crippen molar-refractivity contribution < 1.29 is 4.79 Å². The van der Waals surface area contributed by atoms with Crippen LogP contribution in [0.25, 0.3) is 28.0 Å². The lowest BCUT2D eigenvalue weighted by Gasteiger charge is -2.12. The van der Waals surface area contributed by atoms with Gasteiger partial charge in [-0.05, 0) is 67.9 Å². The lowest BCUT2D eigenvalue weighted by atomic mass is 9.95. The Labute approximate surface area is 224 Å². The molecule has 0 unspecified atom stereocenters. The molecule has 0 radical (unpaired) electrons. The van der Waals surface area contributed by atoms with Gasteiger partial charge in [0.2, 0.25) is 0 Å². The summed E-state index contributed by atoms with van der Waals surface area (Å²) < 4.78 is 4.59. The minimum Gasteiger partial charge on any atom is -0.325 e.